The predicted molar refractivity (Wildman–Crippen MR) is 79.5 cm³/mol. The quantitative estimate of drug-likeness (QED) is 0.444. The fourth-order valence-corrected chi connectivity index (χ4v) is 1.78. The number of hydrogen-bond donors (Lipinski definition) is 0. The molecule has 5 nitrogen and oxygen atoms in total. The molecule has 106 valence electrons. The Kier molecular flexibility index (Phi) is 5.89. The zero-order chi connectivity index (χ0) is 14.8. The first-order chi connectivity index (χ1) is 10.4. The summed E-state index contributed by atoms with van der Waals surface area (Å²) in [5.41, 5.74) is 2.54. The van der Waals surface area contributed by atoms with Crippen LogP contribution in [0.2, 0.25) is 0 Å². The summed E-state index contributed by atoms with van der Waals surface area (Å²) in [5, 5.41) is 20.4. The smallest absolute Gasteiger partial charge is 0.118 e. The molecule has 0 saturated carbocycles. The van der Waals surface area contributed by atoms with Gasteiger partial charge in [-0.05, 0) is 18.9 Å². The summed E-state index contributed by atoms with van der Waals surface area (Å²) in [4.78, 5) is 5.38. The minimum absolute atomic E-state index is 0.497. The zero-order valence-corrected chi connectivity index (χ0v) is 11.6. The van der Waals surface area contributed by atoms with Crippen molar-refractivity contribution >= 4 is 5.71 Å². The van der Waals surface area contributed by atoms with Gasteiger partial charge in [0.25, 0.3) is 0 Å². The summed E-state index contributed by atoms with van der Waals surface area (Å²) in [7, 11) is 0. The van der Waals surface area contributed by atoms with Crippen LogP contribution in [0.15, 0.2) is 53.9 Å². The number of nitriles is 1. The molecule has 0 amide bonds. The molecule has 1 aromatic carbocycles. The van der Waals surface area contributed by atoms with Crippen molar-refractivity contribution < 1.29 is 4.84 Å². The van der Waals surface area contributed by atoms with Gasteiger partial charge in [-0.25, -0.2) is 0 Å². The van der Waals surface area contributed by atoms with Gasteiger partial charge in [-0.15, -0.1) is 0 Å². The molecule has 0 aliphatic rings. The van der Waals surface area contributed by atoms with Crippen molar-refractivity contribution in [3.63, 3.8) is 0 Å². The van der Waals surface area contributed by atoms with E-state index in [0.29, 0.717) is 13.0 Å². The third-order valence-corrected chi connectivity index (χ3v) is 2.83. The number of nitrogens with zero attached hydrogens (tertiary/aromatic N) is 4. The average molecular weight is 280 g/mol. The molecule has 0 radical (unpaired) electrons. The second kappa shape index (κ2) is 8.43. The van der Waals surface area contributed by atoms with Gasteiger partial charge in [0.2, 0.25) is 0 Å². The Morgan fingerprint density at radius 3 is 2.67 bits per heavy atom. The van der Waals surface area contributed by atoms with Gasteiger partial charge in [-0.1, -0.05) is 35.5 Å². The van der Waals surface area contributed by atoms with Crippen molar-refractivity contribution in [2.75, 3.05) is 6.61 Å². The normalized spacial score (nSPS) is 10.9. The summed E-state index contributed by atoms with van der Waals surface area (Å²) in [5.74, 6) is 0. The van der Waals surface area contributed by atoms with Gasteiger partial charge in [0.05, 0.1) is 18.5 Å². The molecule has 1 heterocycles. The Labute approximate surface area is 123 Å². The van der Waals surface area contributed by atoms with E-state index in [0.717, 1.165) is 29.7 Å². The molecule has 0 aliphatic heterocycles. The van der Waals surface area contributed by atoms with E-state index in [4.69, 9.17) is 10.1 Å². The van der Waals surface area contributed by atoms with Gasteiger partial charge < -0.3 is 4.84 Å². The molecular formula is C16H16N4O. The Hall–Kier alpha value is -2.74. The lowest BCUT2D eigenvalue weighted by Gasteiger charge is -2.06. The largest absolute Gasteiger partial charge is 0.395 e. The standard InChI is InChI=1S/C16H16N4O/c17-10-5-2-6-12-21-20-16(14-7-3-1-4-8-14)15-9-11-18-19-13-15/h1,3-4,7-9,11,13H,2,5-6,12H2/b20-16+. The van der Waals surface area contributed by atoms with E-state index in [1.165, 1.54) is 0 Å². The van der Waals surface area contributed by atoms with Gasteiger partial charge in [0.1, 0.15) is 12.3 Å². The molecule has 2 rings (SSSR count). The van der Waals surface area contributed by atoms with Gasteiger partial charge in [-0.2, -0.15) is 15.5 Å². The van der Waals surface area contributed by atoms with Crippen LogP contribution in [0.3, 0.4) is 0 Å². The molecule has 0 spiro atoms. The van der Waals surface area contributed by atoms with Crippen LogP contribution in [0, 0.1) is 11.3 Å². The monoisotopic (exact) mass is 280 g/mol. The van der Waals surface area contributed by atoms with Crippen LogP contribution in [0.4, 0.5) is 0 Å². The lowest BCUT2D eigenvalue weighted by Crippen LogP contribution is -2.05. The van der Waals surface area contributed by atoms with Crippen molar-refractivity contribution in [3.8, 4) is 6.07 Å². The maximum Gasteiger partial charge on any atom is 0.118 e. The second-order valence-electron chi connectivity index (χ2n) is 4.39. The van der Waals surface area contributed by atoms with E-state index in [-0.39, 0.29) is 0 Å². The summed E-state index contributed by atoms with van der Waals surface area (Å²) in [6.45, 7) is 0.497. The van der Waals surface area contributed by atoms with E-state index in [1.807, 2.05) is 36.4 Å². The summed E-state index contributed by atoms with van der Waals surface area (Å²) in [6, 6.07) is 13.8. The van der Waals surface area contributed by atoms with Gasteiger partial charge >= 0.3 is 0 Å². The Balaban J connectivity index is 2.08. The minimum atomic E-state index is 0.497. The number of oxime groups is 1. The molecule has 0 fully saturated rings. The fraction of sp³-hybridized carbons (Fsp3) is 0.250. The molecule has 0 atom stereocenters. The Bertz CT molecular complexity index is 564. The van der Waals surface area contributed by atoms with Crippen LogP contribution < -0.4 is 0 Å². The van der Waals surface area contributed by atoms with E-state index >= 15 is 0 Å². The number of rotatable bonds is 7. The molecule has 21 heavy (non-hydrogen) atoms. The van der Waals surface area contributed by atoms with Crippen LogP contribution in [0.1, 0.15) is 30.4 Å². The topological polar surface area (TPSA) is 71.2 Å². The molecule has 2 aromatic rings. The molecule has 0 saturated heterocycles. The number of hydrogen-bond acceptors (Lipinski definition) is 5. The van der Waals surface area contributed by atoms with Crippen molar-refractivity contribution in [1.29, 1.82) is 5.26 Å². The average Bonchev–Trinajstić information content (AvgIpc) is 2.56. The predicted octanol–water partition coefficient (Wildman–Crippen LogP) is 2.94. The molecule has 1 aromatic heterocycles. The van der Waals surface area contributed by atoms with Crippen molar-refractivity contribution in [3.05, 3.63) is 59.9 Å². The van der Waals surface area contributed by atoms with E-state index in [1.54, 1.807) is 12.4 Å². The lowest BCUT2D eigenvalue weighted by atomic mass is 10.1. The first-order valence-electron chi connectivity index (χ1n) is 6.81. The first kappa shape index (κ1) is 14.7. The van der Waals surface area contributed by atoms with E-state index < -0.39 is 0 Å². The van der Waals surface area contributed by atoms with Crippen LogP contribution >= 0.6 is 0 Å². The van der Waals surface area contributed by atoms with Crippen molar-refractivity contribution in [2.24, 2.45) is 5.16 Å². The van der Waals surface area contributed by atoms with Crippen LogP contribution in [0.5, 0.6) is 0 Å². The number of unbranched alkanes of at least 4 members (excludes halogenated alkanes) is 2. The first-order valence-corrected chi connectivity index (χ1v) is 6.81. The lowest BCUT2D eigenvalue weighted by molar-refractivity contribution is 0.141. The number of benzene rings is 1. The highest BCUT2D eigenvalue weighted by molar-refractivity contribution is 6.12. The van der Waals surface area contributed by atoms with E-state index in [9.17, 15) is 0 Å². The highest BCUT2D eigenvalue weighted by atomic mass is 16.6. The van der Waals surface area contributed by atoms with Crippen molar-refractivity contribution in [1.82, 2.24) is 10.2 Å². The van der Waals surface area contributed by atoms with Crippen LogP contribution in [0.25, 0.3) is 0 Å². The fourth-order valence-electron chi connectivity index (χ4n) is 1.78. The highest BCUT2D eigenvalue weighted by Gasteiger charge is 2.07. The highest BCUT2D eigenvalue weighted by Crippen LogP contribution is 2.10. The Morgan fingerprint density at radius 2 is 1.95 bits per heavy atom. The molecule has 0 N–H and O–H groups in total. The zero-order valence-electron chi connectivity index (χ0n) is 11.6. The summed E-state index contributed by atoms with van der Waals surface area (Å²) in [6.07, 6.45) is 5.47. The summed E-state index contributed by atoms with van der Waals surface area (Å²) < 4.78 is 0. The van der Waals surface area contributed by atoms with Gasteiger partial charge in [0, 0.05) is 17.5 Å². The molecule has 0 unspecified atom stereocenters. The molecule has 5 heteroatoms. The van der Waals surface area contributed by atoms with Crippen LogP contribution in [-0.2, 0) is 4.84 Å². The summed E-state index contributed by atoms with van der Waals surface area (Å²) >= 11 is 0. The van der Waals surface area contributed by atoms with Gasteiger partial charge in [0.15, 0.2) is 0 Å². The molecular weight excluding hydrogens is 264 g/mol. The third-order valence-electron chi connectivity index (χ3n) is 2.83. The van der Waals surface area contributed by atoms with Gasteiger partial charge in [-0.3, -0.25) is 0 Å². The molecule has 0 bridgehead atoms. The maximum atomic E-state index is 8.48. The third kappa shape index (κ3) is 4.69. The minimum Gasteiger partial charge on any atom is -0.395 e. The second-order valence-corrected chi connectivity index (χ2v) is 4.39. The van der Waals surface area contributed by atoms with Crippen LogP contribution in [-0.4, -0.2) is 22.5 Å². The van der Waals surface area contributed by atoms with E-state index in [2.05, 4.69) is 21.4 Å². The maximum absolute atomic E-state index is 8.48. The number of aromatic nitrogens is 2. The Morgan fingerprint density at radius 1 is 1.10 bits per heavy atom. The molecule has 0 aliphatic carbocycles. The van der Waals surface area contributed by atoms with Crippen molar-refractivity contribution in [2.45, 2.75) is 19.3 Å². The SMILES string of the molecule is N#CCCCCO/N=C(\c1ccccc1)c1ccnnc1.